The number of carbonyl (C=O) groups excluding carboxylic acids is 1. The molecule has 0 radical (unpaired) electrons. The Morgan fingerprint density at radius 2 is 1.59 bits per heavy atom. The van der Waals surface area contributed by atoms with E-state index in [1.165, 1.54) is 0 Å². The summed E-state index contributed by atoms with van der Waals surface area (Å²) >= 11 is 0. The number of aromatic nitrogens is 2. The summed E-state index contributed by atoms with van der Waals surface area (Å²) < 4.78 is 5.48. The number of fused-ring (bicyclic) bond motifs is 1. The number of nitrogens with one attached hydrogen (secondary N) is 1. The average Bonchev–Trinajstić information content (AvgIpc) is 2.74. The minimum Gasteiger partial charge on any atom is -0.508 e. The molecular weight excluding hydrogens is 368 g/mol. The summed E-state index contributed by atoms with van der Waals surface area (Å²) in [4.78, 5) is 31.8. The Balaban J connectivity index is 1.51. The lowest BCUT2D eigenvalue weighted by molar-refractivity contribution is 0.0320. The molecule has 4 rings (SSSR count). The van der Waals surface area contributed by atoms with Crippen molar-refractivity contribution >= 4 is 16.9 Å². The lowest BCUT2D eigenvalue weighted by Gasteiger charge is -2.13. The Morgan fingerprint density at radius 1 is 0.966 bits per heavy atom. The van der Waals surface area contributed by atoms with Crippen molar-refractivity contribution in [2.45, 2.75) is 13.0 Å². The number of nitrogens with zero attached hydrogens (tertiary/aromatic N) is 1. The number of rotatable bonds is 4. The van der Waals surface area contributed by atoms with Crippen molar-refractivity contribution in [2.75, 3.05) is 0 Å². The summed E-state index contributed by atoms with van der Waals surface area (Å²) in [5, 5.41) is 9.87. The first-order valence-electron chi connectivity index (χ1n) is 9.11. The molecule has 0 spiro atoms. The lowest BCUT2D eigenvalue weighted by Crippen LogP contribution is -2.17. The first kappa shape index (κ1) is 18.4. The van der Waals surface area contributed by atoms with Crippen LogP contribution in [0.3, 0.4) is 0 Å². The van der Waals surface area contributed by atoms with Gasteiger partial charge in [0.1, 0.15) is 5.75 Å². The van der Waals surface area contributed by atoms with Crippen molar-refractivity contribution in [3.05, 3.63) is 94.5 Å². The number of phenolic OH excluding ortho intramolecular Hbond substituents is 1. The number of aromatic amines is 1. The molecule has 3 aromatic carbocycles. The van der Waals surface area contributed by atoms with Crippen LogP contribution in [-0.2, 0) is 4.74 Å². The second kappa shape index (κ2) is 7.59. The molecule has 1 heterocycles. The number of ether oxygens (including phenoxy) is 1. The molecule has 0 saturated heterocycles. The third-order valence-corrected chi connectivity index (χ3v) is 4.62. The zero-order valence-corrected chi connectivity index (χ0v) is 15.6. The zero-order valence-electron chi connectivity index (χ0n) is 15.6. The van der Waals surface area contributed by atoms with Crippen molar-refractivity contribution in [3.63, 3.8) is 0 Å². The first-order chi connectivity index (χ1) is 14.0. The predicted molar refractivity (Wildman–Crippen MR) is 110 cm³/mol. The van der Waals surface area contributed by atoms with Gasteiger partial charge in [0.25, 0.3) is 5.56 Å². The summed E-state index contributed by atoms with van der Waals surface area (Å²) in [6.07, 6.45) is -0.711. The normalized spacial score (nSPS) is 11.9. The van der Waals surface area contributed by atoms with Crippen LogP contribution in [0.5, 0.6) is 5.75 Å². The molecule has 6 nitrogen and oxygen atoms in total. The highest BCUT2D eigenvalue weighted by Crippen LogP contribution is 2.23. The van der Waals surface area contributed by atoms with Gasteiger partial charge in [-0.1, -0.05) is 36.4 Å². The Kier molecular flexibility index (Phi) is 4.83. The van der Waals surface area contributed by atoms with E-state index in [1.54, 1.807) is 67.6 Å². The van der Waals surface area contributed by atoms with Gasteiger partial charge in [0.05, 0.1) is 16.5 Å². The fourth-order valence-electron chi connectivity index (χ4n) is 3.03. The van der Waals surface area contributed by atoms with Gasteiger partial charge in [-0.05, 0) is 54.4 Å². The largest absolute Gasteiger partial charge is 0.508 e. The van der Waals surface area contributed by atoms with Crippen LogP contribution in [0.15, 0.2) is 77.6 Å². The molecule has 0 saturated carbocycles. The molecule has 0 fully saturated rings. The number of H-pyrrole nitrogens is 1. The fourth-order valence-corrected chi connectivity index (χ4v) is 3.03. The van der Waals surface area contributed by atoms with Gasteiger partial charge in [0.15, 0.2) is 11.9 Å². The molecule has 29 heavy (non-hydrogen) atoms. The van der Waals surface area contributed by atoms with Crippen molar-refractivity contribution in [3.8, 4) is 16.9 Å². The molecule has 0 amide bonds. The second-order valence-corrected chi connectivity index (χ2v) is 6.64. The molecule has 1 aromatic heterocycles. The zero-order chi connectivity index (χ0) is 20.4. The summed E-state index contributed by atoms with van der Waals surface area (Å²) in [5.41, 5.74) is 2.51. The number of phenols is 1. The van der Waals surface area contributed by atoms with Crippen LogP contribution in [0, 0.1) is 0 Å². The van der Waals surface area contributed by atoms with Gasteiger partial charge in [-0.2, -0.15) is 0 Å². The highest BCUT2D eigenvalue weighted by atomic mass is 16.5. The summed E-state index contributed by atoms with van der Waals surface area (Å²) in [6, 6.07) is 20.8. The van der Waals surface area contributed by atoms with Gasteiger partial charge in [-0.15, -0.1) is 0 Å². The maximum atomic E-state index is 12.5. The van der Waals surface area contributed by atoms with E-state index in [2.05, 4.69) is 9.97 Å². The van der Waals surface area contributed by atoms with Crippen LogP contribution in [0.25, 0.3) is 22.0 Å². The monoisotopic (exact) mass is 386 g/mol. The minimum absolute atomic E-state index is 0.197. The van der Waals surface area contributed by atoms with E-state index in [4.69, 9.17) is 4.74 Å². The quantitative estimate of drug-likeness (QED) is 0.513. The number of carbonyl (C=O) groups is 1. The van der Waals surface area contributed by atoms with E-state index in [1.807, 2.05) is 12.1 Å². The van der Waals surface area contributed by atoms with Gasteiger partial charge >= 0.3 is 5.97 Å². The van der Waals surface area contributed by atoms with Crippen LogP contribution in [0.4, 0.5) is 0 Å². The molecule has 0 aliphatic carbocycles. The molecule has 2 N–H and O–H groups in total. The van der Waals surface area contributed by atoms with Crippen molar-refractivity contribution < 1.29 is 14.6 Å². The summed E-state index contributed by atoms with van der Waals surface area (Å²) in [5.74, 6) is -0.0170. The topological polar surface area (TPSA) is 92.3 Å². The average molecular weight is 386 g/mol. The van der Waals surface area contributed by atoms with Crippen molar-refractivity contribution in [1.82, 2.24) is 9.97 Å². The van der Waals surface area contributed by atoms with Gasteiger partial charge < -0.3 is 14.8 Å². The Hall–Kier alpha value is -3.93. The predicted octanol–water partition coefficient (Wildman–Crippen LogP) is 4.21. The van der Waals surface area contributed by atoms with E-state index >= 15 is 0 Å². The Bertz CT molecular complexity index is 1230. The molecule has 0 aliphatic heterocycles. The van der Waals surface area contributed by atoms with E-state index in [9.17, 15) is 14.7 Å². The third-order valence-electron chi connectivity index (χ3n) is 4.62. The molecule has 0 bridgehead atoms. The third kappa shape index (κ3) is 3.87. The number of esters is 1. The van der Waals surface area contributed by atoms with E-state index in [0.717, 1.165) is 11.1 Å². The molecule has 0 aliphatic rings. The minimum atomic E-state index is -0.711. The summed E-state index contributed by atoms with van der Waals surface area (Å²) in [7, 11) is 0. The lowest BCUT2D eigenvalue weighted by atomic mass is 10.0. The molecule has 4 aromatic rings. The smallest absolute Gasteiger partial charge is 0.338 e. The number of aromatic hydroxyl groups is 1. The standard InChI is InChI=1S/C23H18N2O4/c1-14(21-24-20-5-3-2-4-19(20)22(27)25-21)29-23(28)17-8-6-15(7-9-17)16-10-12-18(26)13-11-16/h2-14,26H,1H3,(H,24,25,27)/t14-/m1/s1. The highest BCUT2D eigenvalue weighted by Gasteiger charge is 2.17. The van der Waals surface area contributed by atoms with Crippen LogP contribution in [0.2, 0.25) is 0 Å². The van der Waals surface area contributed by atoms with Gasteiger partial charge in [0, 0.05) is 0 Å². The van der Waals surface area contributed by atoms with Crippen molar-refractivity contribution in [1.29, 1.82) is 0 Å². The SMILES string of the molecule is C[C@@H](OC(=O)c1ccc(-c2ccc(O)cc2)cc1)c1nc2ccccc2c(=O)[nH]1. The van der Waals surface area contributed by atoms with Crippen LogP contribution in [-0.4, -0.2) is 21.0 Å². The fraction of sp³-hybridized carbons (Fsp3) is 0.0870. The van der Waals surface area contributed by atoms with Gasteiger partial charge in [-0.25, -0.2) is 9.78 Å². The van der Waals surface area contributed by atoms with Crippen LogP contribution in [0.1, 0.15) is 29.2 Å². The molecular formula is C23H18N2O4. The summed E-state index contributed by atoms with van der Waals surface area (Å²) in [6.45, 7) is 1.66. The molecule has 1 atom stereocenters. The Morgan fingerprint density at radius 3 is 2.28 bits per heavy atom. The van der Waals surface area contributed by atoms with E-state index in [-0.39, 0.29) is 11.3 Å². The maximum absolute atomic E-state index is 12.5. The number of para-hydroxylation sites is 1. The molecule has 0 unspecified atom stereocenters. The van der Waals surface area contributed by atoms with Gasteiger partial charge in [-0.3, -0.25) is 4.79 Å². The van der Waals surface area contributed by atoms with E-state index in [0.29, 0.717) is 22.3 Å². The highest BCUT2D eigenvalue weighted by molar-refractivity contribution is 5.90. The number of benzene rings is 3. The van der Waals surface area contributed by atoms with Crippen LogP contribution < -0.4 is 5.56 Å². The molecule has 144 valence electrons. The first-order valence-corrected chi connectivity index (χ1v) is 9.11. The van der Waals surface area contributed by atoms with Crippen molar-refractivity contribution in [2.24, 2.45) is 0 Å². The van der Waals surface area contributed by atoms with Crippen LogP contribution >= 0.6 is 0 Å². The maximum Gasteiger partial charge on any atom is 0.338 e. The van der Waals surface area contributed by atoms with Gasteiger partial charge in [0.2, 0.25) is 0 Å². The number of hydrogen-bond donors (Lipinski definition) is 2. The number of hydrogen-bond acceptors (Lipinski definition) is 5. The second-order valence-electron chi connectivity index (χ2n) is 6.64. The Labute approximate surface area is 166 Å². The molecule has 6 heteroatoms. The van der Waals surface area contributed by atoms with E-state index < -0.39 is 12.1 Å².